The van der Waals surface area contributed by atoms with Crippen molar-refractivity contribution in [2.24, 2.45) is 5.92 Å². The molecule has 2 bridgehead atoms. The highest BCUT2D eigenvalue weighted by molar-refractivity contribution is 8.04. The molecule has 0 aromatic heterocycles. The van der Waals surface area contributed by atoms with Gasteiger partial charge in [-0.3, -0.25) is 14.0 Å². The number of thioether (sulfide) groups is 2. The maximum atomic E-state index is 14.0. The maximum Gasteiger partial charge on any atom is 0.265 e. The molecule has 0 aliphatic carbocycles. The normalized spacial score (nSPS) is 28.7. The number of benzene rings is 3. The zero-order valence-corrected chi connectivity index (χ0v) is 29.9. The number of amides is 1. The summed E-state index contributed by atoms with van der Waals surface area (Å²) < 4.78 is 31.5. The highest BCUT2D eigenvalue weighted by atomic mass is 32.2. The van der Waals surface area contributed by atoms with Crippen molar-refractivity contribution in [2.45, 2.75) is 41.0 Å². The van der Waals surface area contributed by atoms with E-state index in [2.05, 4.69) is 30.3 Å². The minimum Gasteiger partial charge on any atom is -0.852 e. The van der Waals surface area contributed by atoms with Crippen LogP contribution in [0.25, 0.3) is 10.8 Å². The monoisotopic (exact) mass is 720 g/mol. The fourth-order valence-electron chi connectivity index (χ4n) is 8.63. The fourth-order valence-corrected chi connectivity index (χ4v) is 12.8. The van der Waals surface area contributed by atoms with Gasteiger partial charge in [-0.05, 0) is 35.2 Å². The molecule has 0 radical (unpaired) electrons. The molecule has 3 atom stereocenters. The van der Waals surface area contributed by atoms with Crippen LogP contribution in [0.4, 0.5) is 5.69 Å². The quantitative estimate of drug-likeness (QED) is 0.121. The van der Waals surface area contributed by atoms with Crippen LogP contribution in [0.1, 0.15) is 18.9 Å². The van der Waals surface area contributed by atoms with Gasteiger partial charge in [0, 0.05) is 33.8 Å². The number of sulfonamides is 1. The Morgan fingerprint density at radius 2 is 1.67 bits per heavy atom. The van der Waals surface area contributed by atoms with Gasteiger partial charge in [0.15, 0.2) is 0 Å². The number of rotatable bonds is 12. The lowest BCUT2D eigenvalue weighted by Crippen LogP contribution is -2.75. The van der Waals surface area contributed by atoms with E-state index in [1.54, 1.807) is 12.1 Å². The molecule has 0 N–H and O–H groups in total. The summed E-state index contributed by atoms with van der Waals surface area (Å²) in [6.45, 7) is 10.6. The van der Waals surface area contributed by atoms with Crippen molar-refractivity contribution in [1.82, 2.24) is 4.90 Å². The summed E-state index contributed by atoms with van der Waals surface area (Å²) in [5.74, 6) is -1.81. The molecule has 3 aromatic carbocycles. The van der Waals surface area contributed by atoms with Gasteiger partial charge in [0.2, 0.25) is 5.91 Å². The van der Waals surface area contributed by atoms with Gasteiger partial charge in [0.1, 0.15) is 39.3 Å². The summed E-state index contributed by atoms with van der Waals surface area (Å²) in [5, 5.41) is 25.2. The first-order chi connectivity index (χ1) is 23.5. The van der Waals surface area contributed by atoms with Crippen LogP contribution in [-0.2, 0) is 26.0 Å². The summed E-state index contributed by atoms with van der Waals surface area (Å²) in [6.07, 6.45) is 0.866. The van der Waals surface area contributed by atoms with Gasteiger partial charge >= 0.3 is 0 Å². The van der Waals surface area contributed by atoms with Crippen LogP contribution in [0.2, 0.25) is 0 Å². The molecule has 0 saturated carbocycles. The van der Waals surface area contributed by atoms with Crippen molar-refractivity contribution in [3.63, 3.8) is 0 Å². The number of carboxylic acid groups (broad SMARTS) is 1. The van der Waals surface area contributed by atoms with Crippen LogP contribution >= 0.6 is 23.5 Å². The Morgan fingerprint density at radius 3 is 2.35 bits per heavy atom. The zero-order valence-electron chi connectivity index (χ0n) is 27.5. The van der Waals surface area contributed by atoms with Crippen LogP contribution in [0.5, 0.6) is 0 Å². The number of hydrogen-bond donors (Lipinski definition) is 0. The Morgan fingerprint density at radius 1 is 0.980 bits per heavy atom. The topological polar surface area (TPSA) is 121 Å². The van der Waals surface area contributed by atoms with Crippen LogP contribution in [0.15, 0.2) is 81.1 Å². The number of carboxylic acids is 1. The molecule has 4 saturated heterocycles. The molecule has 10 nitrogen and oxygen atoms in total. The molecular weight excluding hydrogens is 681 g/mol. The number of fused-ring (bicyclic) bond motifs is 4. The highest BCUT2D eigenvalue weighted by Gasteiger charge is 2.55. The predicted molar refractivity (Wildman–Crippen MR) is 187 cm³/mol. The molecule has 2 unspecified atom stereocenters. The number of β-lactam (4-membered cyclic amide) rings is 1. The van der Waals surface area contributed by atoms with Crippen LogP contribution in [-0.4, -0.2) is 110 Å². The van der Waals surface area contributed by atoms with Gasteiger partial charge in [0.25, 0.3) is 10.0 Å². The van der Waals surface area contributed by atoms with E-state index in [1.165, 1.54) is 72.8 Å². The molecule has 0 spiro atoms. The first kappa shape index (κ1) is 33.1. The number of aliphatic carboxylic acids is 1. The van der Waals surface area contributed by atoms with Crippen molar-refractivity contribution in [2.75, 3.05) is 69.0 Å². The summed E-state index contributed by atoms with van der Waals surface area (Å²) >= 11 is 3.03. The highest BCUT2D eigenvalue weighted by Crippen LogP contribution is 2.52. The van der Waals surface area contributed by atoms with E-state index in [0.29, 0.717) is 11.1 Å². The second kappa shape index (κ2) is 12.3. The third-order valence-corrected chi connectivity index (χ3v) is 15.8. The number of hydrogen-bond acceptors (Lipinski definition) is 8. The number of anilines is 1. The van der Waals surface area contributed by atoms with Gasteiger partial charge in [0.05, 0.1) is 53.2 Å². The van der Waals surface area contributed by atoms with E-state index in [-0.39, 0.29) is 22.0 Å². The van der Waals surface area contributed by atoms with Crippen molar-refractivity contribution < 1.29 is 37.2 Å². The van der Waals surface area contributed by atoms with Gasteiger partial charge in [-0.25, -0.2) is 8.42 Å². The number of quaternary nitrogens is 2. The zero-order chi connectivity index (χ0) is 34.1. The standard InChI is InChI=1S/C36H40N4O6S3/c1-24(41)31-34(42)38-33(36(43)44)29(48-35(31)38)23-37-28-10-5-9-27-25(11-12-30(32(27)28)49(37,45)46)13-15-40-19-16-39(17-20-40,18-21-40)14-6-22-47-26-7-3-2-4-8-26/h2-5,7-12,24,31,35H,6,13-23H2,1H3/t24-,31?,35?,39?,40?/m0/s1. The second-order valence-electron chi connectivity index (χ2n) is 14.2. The Hall–Kier alpha value is -3.07. The summed E-state index contributed by atoms with van der Waals surface area (Å²) in [6, 6.07) is 19.9. The van der Waals surface area contributed by atoms with E-state index >= 15 is 0 Å². The van der Waals surface area contributed by atoms with Gasteiger partial charge in [-0.2, -0.15) is 0 Å². The Kier molecular flexibility index (Phi) is 8.31. The molecule has 6 heterocycles. The number of carbonyl (C=O) groups is 2. The second-order valence-corrected chi connectivity index (χ2v) is 18.4. The first-order valence-electron chi connectivity index (χ1n) is 17.1. The summed E-state index contributed by atoms with van der Waals surface area (Å²) in [7, 11) is -3.99. The van der Waals surface area contributed by atoms with E-state index in [4.69, 9.17) is 0 Å². The lowest BCUT2D eigenvalue weighted by atomic mass is 9.92. The van der Waals surface area contributed by atoms with Crippen LogP contribution in [0.3, 0.4) is 0 Å². The number of nitrogens with zero attached hydrogens (tertiary/aromatic N) is 4. The summed E-state index contributed by atoms with van der Waals surface area (Å²) in [4.78, 5) is 27.7. The Bertz CT molecular complexity index is 1960. The molecular formula is C36H40N4O6S3. The van der Waals surface area contributed by atoms with Crippen LogP contribution in [0, 0.1) is 5.92 Å². The third kappa shape index (κ3) is 5.48. The lowest BCUT2D eigenvalue weighted by molar-refractivity contribution is -1.08. The molecule has 4 fully saturated rings. The predicted octanol–water partition coefficient (Wildman–Crippen LogP) is 1.98. The fraction of sp³-hybridized carbons (Fsp3) is 0.444. The van der Waals surface area contributed by atoms with E-state index in [1.807, 2.05) is 30.0 Å². The SMILES string of the molecule is C[C@H]([O-])C1C(=O)N2C(C(=O)[O-])=C(CN3c4cccc5c(CC[N+]67CC[N+](CCCSc8ccccc8)(CC6)CC7)ccc(c45)S3(=O)=O)SC12. The molecule has 6 aliphatic rings. The number of piperazine rings is 3. The van der Waals surface area contributed by atoms with Gasteiger partial charge < -0.3 is 24.0 Å². The molecule has 258 valence electrons. The van der Waals surface area contributed by atoms with Crippen molar-refractivity contribution in [3.8, 4) is 0 Å². The average molecular weight is 721 g/mol. The molecule has 6 aliphatic heterocycles. The van der Waals surface area contributed by atoms with Crippen molar-refractivity contribution in [1.29, 1.82) is 0 Å². The van der Waals surface area contributed by atoms with Crippen molar-refractivity contribution >= 4 is 61.9 Å². The smallest absolute Gasteiger partial charge is 0.265 e. The molecule has 13 heteroatoms. The van der Waals surface area contributed by atoms with Crippen LogP contribution < -0.4 is 14.5 Å². The Balaban J connectivity index is 0.965. The number of carbonyl (C=O) groups excluding carboxylic acids is 2. The van der Waals surface area contributed by atoms with E-state index in [0.717, 1.165) is 50.8 Å². The van der Waals surface area contributed by atoms with Gasteiger partial charge in [-0.1, -0.05) is 43.3 Å². The largest absolute Gasteiger partial charge is 0.852 e. The minimum atomic E-state index is -3.99. The average Bonchev–Trinajstić information content (AvgIpc) is 3.53. The van der Waals surface area contributed by atoms with E-state index < -0.39 is 39.3 Å². The minimum absolute atomic E-state index is 0.210. The first-order valence-corrected chi connectivity index (χ1v) is 20.4. The van der Waals surface area contributed by atoms with Gasteiger partial charge in [-0.15, -0.1) is 29.6 Å². The Labute approximate surface area is 295 Å². The van der Waals surface area contributed by atoms with Crippen molar-refractivity contribution in [3.05, 3.63) is 76.8 Å². The molecule has 9 rings (SSSR count). The van der Waals surface area contributed by atoms with E-state index in [9.17, 15) is 28.2 Å². The molecule has 49 heavy (non-hydrogen) atoms. The summed E-state index contributed by atoms with van der Waals surface area (Å²) in [5.41, 5.74) is 1.29. The molecule has 1 amide bonds. The third-order valence-electron chi connectivity index (χ3n) is 11.5. The lowest BCUT2D eigenvalue weighted by Gasteiger charge is -2.55. The molecule has 3 aromatic rings. The maximum absolute atomic E-state index is 14.0.